The van der Waals surface area contributed by atoms with E-state index in [2.05, 4.69) is 20.2 Å². The largest absolute Gasteiger partial charge is 0.296 e. The monoisotopic (exact) mass is 516 g/mol. The Morgan fingerprint density at radius 3 is 2.45 bits per heavy atom. The predicted octanol–water partition coefficient (Wildman–Crippen LogP) is 4.62. The fourth-order valence-corrected chi connectivity index (χ4v) is 6.09. The van der Waals surface area contributed by atoms with Gasteiger partial charge in [-0.15, -0.1) is 10.2 Å². The molecule has 1 aromatic heterocycles. The molecule has 2 aromatic carbocycles. The molecule has 3 aromatic rings. The minimum Gasteiger partial charge on any atom is -0.296 e. The third-order valence-electron chi connectivity index (χ3n) is 4.02. The molecule has 0 bridgehead atoms. The lowest BCUT2D eigenvalue weighted by atomic mass is 10.1. The highest BCUT2D eigenvalue weighted by Gasteiger charge is 2.20. The second-order valence-corrected chi connectivity index (χ2v) is 11.2. The van der Waals surface area contributed by atoms with E-state index in [0.717, 1.165) is 22.5 Å². The van der Waals surface area contributed by atoms with Crippen LogP contribution in [0.15, 0.2) is 46.8 Å². The number of thioether (sulfide) groups is 1. The number of benzene rings is 2. The molecule has 0 fully saturated rings. The number of nitrogens with one attached hydrogen (secondary N) is 2. The Kier molecular flexibility index (Phi) is 8.31. The van der Waals surface area contributed by atoms with Crippen LogP contribution in [0.3, 0.4) is 0 Å². The number of anilines is 1. The first-order valence-electron chi connectivity index (χ1n) is 8.98. The van der Waals surface area contributed by atoms with Gasteiger partial charge in [-0.25, -0.2) is 13.1 Å². The number of halogens is 2. The standard InChI is InChI=1S/C19H18Cl2N4O3S3/c1-12-5-7-13(8-6-12)17(26)23-18-24-25-19(30-18)31(27,28)22-9-10-29-11-14-15(20)3-2-4-16(14)21/h2-8,22H,9-11H2,1H3,(H,23,24,26). The van der Waals surface area contributed by atoms with Crippen LogP contribution in [0, 0.1) is 6.92 Å². The SMILES string of the molecule is Cc1ccc(C(=O)Nc2nnc(S(=O)(=O)NCCSCc3c(Cl)cccc3Cl)s2)cc1. The summed E-state index contributed by atoms with van der Waals surface area (Å²) in [6.07, 6.45) is 0. The van der Waals surface area contributed by atoms with Gasteiger partial charge in [0, 0.05) is 33.7 Å². The number of hydrogen-bond acceptors (Lipinski definition) is 7. The average Bonchev–Trinajstić information content (AvgIpc) is 3.19. The second-order valence-electron chi connectivity index (χ2n) is 6.34. The van der Waals surface area contributed by atoms with Crippen molar-refractivity contribution < 1.29 is 13.2 Å². The molecule has 1 amide bonds. The molecule has 0 aliphatic rings. The lowest BCUT2D eigenvalue weighted by Crippen LogP contribution is -2.26. The van der Waals surface area contributed by atoms with Crippen LogP contribution in [0.4, 0.5) is 5.13 Å². The van der Waals surface area contributed by atoms with Crippen molar-refractivity contribution in [2.24, 2.45) is 0 Å². The predicted molar refractivity (Wildman–Crippen MR) is 127 cm³/mol. The first kappa shape index (κ1) is 24.0. The van der Waals surface area contributed by atoms with Crippen LogP contribution in [-0.2, 0) is 15.8 Å². The van der Waals surface area contributed by atoms with Gasteiger partial charge >= 0.3 is 0 Å². The number of hydrogen-bond donors (Lipinski definition) is 2. The molecule has 12 heteroatoms. The normalized spacial score (nSPS) is 11.5. The number of aromatic nitrogens is 2. The van der Waals surface area contributed by atoms with Crippen LogP contribution < -0.4 is 10.0 Å². The summed E-state index contributed by atoms with van der Waals surface area (Å²) in [4.78, 5) is 12.2. The van der Waals surface area contributed by atoms with Gasteiger partial charge in [0.05, 0.1) is 0 Å². The molecule has 0 spiro atoms. The maximum absolute atomic E-state index is 12.4. The van der Waals surface area contributed by atoms with Crippen molar-refractivity contribution >= 4 is 67.4 Å². The minimum atomic E-state index is -3.83. The lowest BCUT2D eigenvalue weighted by Gasteiger charge is -2.07. The first-order chi connectivity index (χ1) is 14.8. The van der Waals surface area contributed by atoms with Gasteiger partial charge in [-0.05, 0) is 36.8 Å². The van der Waals surface area contributed by atoms with E-state index in [4.69, 9.17) is 23.2 Å². The molecule has 2 N–H and O–H groups in total. The number of rotatable bonds is 9. The zero-order valence-corrected chi connectivity index (χ0v) is 20.2. The zero-order valence-electron chi connectivity index (χ0n) is 16.3. The van der Waals surface area contributed by atoms with Gasteiger partial charge in [0.25, 0.3) is 15.9 Å². The first-order valence-corrected chi connectivity index (χ1v) is 13.2. The van der Waals surface area contributed by atoms with Crippen molar-refractivity contribution in [1.29, 1.82) is 0 Å². The maximum atomic E-state index is 12.4. The molecule has 164 valence electrons. The third-order valence-corrected chi connectivity index (χ3v) is 8.38. The molecule has 0 atom stereocenters. The Hall–Kier alpha value is -1.69. The van der Waals surface area contributed by atoms with Gasteiger partial charge in [0.1, 0.15) is 0 Å². The van der Waals surface area contributed by atoms with Crippen LogP contribution in [0.1, 0.15) is 21.5 Å². The Morgan fingerprint density at radius 1 is 1.10 bits per heavy atom. The minimum absolute atomic E-state index is 0.105. The molecule has 0 unspecified atom stereocenters. The average molecular weight is 517 g/mol. The van der Waals surface area contributed by atoms with E-state index in [1.807, 2.05) is 19.1 Å². The zero-order chi connectivity index (χ0) is 22.4. The van der Waals surface area contributed by atoms with Crippen LogP contribution in [0.25, 0.3) is 0 Å². The smallest absolute Gasteiger partial charge is 0.269 e. The summed E-state index contributed by atoms with van der Waals surface area (Å²) in [5, 5.41) is 11.3. The quantitative estimate of drug-likeness (QED) is 0.318. The van der Waals surface area contributed by atoms with E-state index < -0.39 is 10.0 Å². The molecule has 0 aliphatic heterocycles. The summed E-state index contributed by atoms with van der Waals surface area (Å²) < 4.78 is 27.1. The number of nitrogens with zero attached hydrogens (tertiary/aromatic N) is 2. The van der Waals surface area contributed by atoms with E-state index in [0.29, 0.717) is 27.1 Å². The lowest BCUT2D eigenvalue weighted by molar-refractivity contribution is 0.102. The summed E-state index contributed by atoms with van der Waals surface area (Å²) in [7, 11) is -3.83. The second kappa shape index (κ2) is 10.8. The molecule has 0 saturated carbocycles. The molecular formula is C19H18Cl2N4O3S3. The summed E-state index contributed by atoms with van der Waals surface area (Å²) in [5.41, 5.74) is 2.29. The number of carbonyl (C=O) groups excluding carboxylic acids is 1. The Labute approximate surface area is 198 Å². The van der Waals surface area contributed by atoms with Crippen LogP contribution in [-0.4, -0.2) is 36.8 Å². The summed E-state index contributed by atoms with van der Waals surface area (Å²) in [5.74, 6) is 0.688. The van der Waals surface area contributed by atoms with Crippen molar-refractivity contribution in [3.8, 4) is 0 Å². The van der Waals surface area contributed by atoms with Gasteiger partial charge < -0.3 is 0 Å². The van der Waals surface area contributed by atoms with Crippen molar-refractivity contribution in [1.82, 2.24) is 14.9 Å². The number of amides is 1. The fraction of sp³-hybridized carbons (Fsp3) is 0.211. The Morgan fingerprint density at radius 2 is 1.77 bits per heavy atom. The summed E-state index contributed by atoms with van der Waals surface area (Å²) in [6.45, 7) is 2.11. The highest BCUT2D eigenvalue weighted by Crippen LogP contribution is 2.28. The molecule has 7 nitrogen and oxygen atoms in total. The number of carbonyl (C=O) groups is 1. The highest BCUT2D eigenvalue weighted by molar-refractivity contribution is 7.98. The van der Waals surface area contributed by atoms with Crippen LogP contribution >= 0.6 is 46.3 Å². The molecule has 3 rings (SSSR count). The highest BCUT2D eigenvalue weighted by atomic mass is 35.5. The van der Waals surface area contributed by atoms with Crippen molar-refractivity contribution in [3.05, 3.63) is 69.2 Å². The van der Waals surface area contributed by atoms with E-state index in [9.17, 15) is 13.2 Å². The van der Waals surface area contributed by atoms with Crippen molar-refractivity contribution in [3.63, 3.8) is 0 Å². The van der Waals surface area contributed by atoms with Crippen molar-refractivity contribution in [2.45, 2.75) is 17.0 Å². The van der Waals surface area contributed by atoms with Crippen LogP contribution in [0.5, 0.6) is 0 Å². The number of aryl methyl sites for hydroxylation is 1. The molecule has 0 aliphatic carbocycles. The maximum Gasteiger partial charge on any atom is 0.269 e. The molecule has 31 heavy (non-hydrogen) atoms. The Bertz CT molecular complexity index is 1150. The third kappa shape index (κ3) is 6.64. The molecular weight excluding hydrogens is 499 g/mol. The Balaban J connectivity index is 1.50. The molecule has 0 radical (unpaired) electrons. The van der Waals surface area contributed by atoms with E-state index in [-0.39, 0.29) is 21.9 Å². The van der Waals surface area contributed by atoms with E-state index in [1.54, 1.807) is 30.3 Å². The van der Waals surface area contributed by atoms with Crippen LogP contribution in [0.2, 0.25) is 10.0 Å². The van der Waals surface area contributed by atoms with Gasteiger partial charge in [-0.2, -0.15) is 11.8 Å². The topological polar surface area (TPSA) is 101 Å². The summed E-state index contributed by atoms with van der Waals surface area (Å²) in [6, 6.07) is 12.3. The van der Waals surface area contributed by atoms with Crippen molar-refractivity contribution in [2.75, 3.05) is 17.6 Å². The number of sulfonamides is 1. The molecule has 0 saturated heterocycles. The van der Waals surface area contributed by atoms with Gasteiger partial charge in [-0.1, -0.05) is 58.3 Å². The van der Waals surface area contributed by atoms with Gasteiger partial charge in [0.15, 0.2) is 0 Å². The van der Waals surface area contributed by atoms with Gasteiger partial charge in [0.2, 0.25) is 9.47 Å². The van der Waals surface area contributed by atoms with Gasteiger partial charge in [-0.3, -0.25) is 10.1 Å². The molecule has 1 heterocycles. The van der Waals surface area contributed by atoms with E-state index >= 15 is 0 Å². The summed E-state index contributed by atoms with van der Waals surface area (Å²) >= 11 is 14.5. The van der Waals surface area contributed by atoms with E-state index in [1.165, 1.54) is 11.8 Å². The fourth-order valence-electron chi connectivity index (χ4n) is 2.40.